The fourth-order valence-electron chi connectivity index (χ4n) is 3.62. The van der Waals surface area contributed by atoms with E-state index in [0.717, 1.165) is 5.56 Å². The molecule has 0 radical (unpaired) electrons. The summed E-state index contributed by atoms with van der Waals surface area (Å²) in [7, 11) is -2.51. The fourth-order valence-corrected chi connectivity index (χ4v) is 5.28. The molecule has 6 nitrogen and oxygen atoms in total. The second-order valence-electron chi connectivity index (χ2n) is 7.63. The molecule has 0 unspecified atom stereocenters. The Balaban J connectivity index is 1.79. The van der Waals surface area contributed by atoms with Gasteiger partial charge >= 0.3 is 0 Å². The van der Waals surface area contributed by atoms with Crippen LogP contribution in [0.25, 0.3) is 0 Å². The molecule has 0 saturated heterocycles. The maximum Gasteiger partial charge on any atom is 0.264 e. The number of ether oxygens (including phenoxy) is 1. The SMILES string of the molecule is COc1ccc(Cl)cc1NC(=O)c1ccccc1N(Cc1ccccc1)S(=O)(=O)c1ccccc1. The van der Waals surface area contributed by atoms with Gasteiger partial charge in [-0.25, -0.2) is 8.42 Å². The van der Waals surface area contributed by atoms with Crippen LogP contribution in [0.3, 0.4) is 0 Å². The molecule has 4 rings (SSSR count). The Morgan fingerprint density at radius 2 is 1.51 bits per heavy atom. The Morgan fingerprint density at radius 1 is 0.886 bits per heavy atom. The highest BCUT2D eigenvalue weighted by atomic mass is 35.5. The highest BCUT2D eigenvalue weighted by Gasteiger charge is 2.28. The lowest BCUT2D eigenvalue weighted by atomic mass is 10.1. The van der Waals surface area contributed by atoms with E-state index in [9.17, 15) is 13.2 Å². The van der Waals surface area contributed by atoms with Crippen molar-refractivity contribution in [3.63, 3.8) is 0 Å². The van der Waals surface area contributed by atoms with Crippen molar-refractivity contribution in [1.82, 2.24) is 0 Å². The van der Waals surface area contributed by atoms with Crippen LogP contribution in [0.15, 0.2) is 108 Å². The number of carbonyl (C=O) groups excluding carboxylic acids is 1. The average molecular weight is 507 g/mol. The van der Waals surface area contributed by atoms with Crippen LogP contribution in [-0.4, -0.2) is 21.4 Å². The van der Waals surface area contributed by atoms with E-state index in [1.807, 2.05) is 30.3 Å². The summed E-state index contributed by atoms with van der Waals surface area (Å²) in [6.07, 6.45) is 0. The molecular formula is C27H23ClN2O4S. The van der Waals surface area contributed by atoms with Gasteiger partial charge in [0.1, 0.15) is 5.75 Å². The summed E-state index contributed by atoms with van der Waals surface area (Å²) in [4.78, 5) is 13.5. The minimum Gasteiger partial charge on any atom is -0.495 e. The van der Waals surface area contributed by atoms with E-state index in [-0.39, 0.29) is 22.7 Å². The van der Waals surface area contributed by atoms with Crippen LogP contribution in [0.2, 0.25) is 5.02 Å². The summed E-state index contributed by atoms with van der Waals surface area (Å²) >= 11 is 6.11. The van der Waals surface area contributed by atoms with Crippen LogP contribution in [0, 0.1) is 0 Å². The molecule has 0 bridgehead atoms. The third-order valence-electron chi connectivity index (χ3n) is 5.33. The minimum atomic E-state index is -3.99. The number of halogens is 1. The van der Waals surface area contributed by atoms with Crippen molar-refractivity contribution in [2.24, 2.45) is 0 Å². The van der Waals surface area contributed by atoms with E-state index in [4.69, 9.17) is 16.3 Å². The molecule has 178 valence electrons. The molecule has 0 atom stereocenters. The van der Waals surface area contributed by atoms with Gasteiger partial charge in [-0.3, -0.25) is 9.10 Å². The Bertz CT molecular complexity index is 1430. The molecule has 0 heterocycles. The van der Waals surface area contributed by atoms with Crippen molar-refractivity contribution >= 4 is 38.9 Å². The molecular weight excluding hydrogens is 484 g/mol. The average Bonchev–Trinajstić information content (AvgIpc) is 2.88. The largest absolute Gasteiger partial charge is 0.495 e. The van der Waals surface area contributed by atoms with Crippen molar-refractivity contribution < 1.29 is 17.9 Å². The molecule has 8 heteroatoms. The molecule has 1 amide bonds. The van der Waals surface area contributed by atoms with Gasteiger partial charge in [0.05, 0.1) is 35.5 Å². The highest BCUT2D eigenvalue weighted by molar-refractivity contribution is 7.92. The van der Waals surface area contributed by atoms with Crippen LogP contribution in [0.1, 0.15) is 15.9 Å². The number of hydrogen-bond donors (Lipinski definition) is 1. The van der Waals surface area contributed by atoms with Crippen molar-refractivity contribution in [3.8, 4) is 5.75 Å². The Hall–Kier alpha value is -3.81. The zero-order valence-corrected chi connectivity index (χ0v) is 20.5. The van der Waals surface area contributed by atoms with E-state index in [2.05, 4.69) is 5.32 Å². The maximum absolute atomic E-state index is 13.8. The quantitative estimate of drug-likeness (QED) is 0.318. The minimum absolute atomic E-state index is 0.0445. The summed E-state index contributed by atoms with van der Waals surface area (Å²) in [6, 6.07) is 28.8. The van der Waals surface area contributed by atoms with E-state index in [1.165, 1.54) is 23.5 Å². The number of benzene rings is 4. The van der Waals surface area contributed by atoms with E-state index < -0.39 is 15.9 Å². The molecule has 0 aliphatic heterocycles. The normalized spacial score (nSPS) is 11.0. The Labute approximate surface area is 209 Å². The first-order chi connectivity index (χ1) is 16.9. The summed E-state index contributed by atoms with van der Waals surface area (Å²) in [6.45, 7) is 0.0445. The predicted molar refractivity (Wildman–Crippen MR) is 139 cm³/mol. The van der Waals surface area contributed by atoms with Gasteiger partial charge in [-0.1, -0.05) is 72.3 Å². The second kappa shape index (κ2) is 10.6. The topological polar surface area (TPSA) is 75.7 Å². The van der Waals surface area contributed by atoms with Crippen LogP contribution in [0.4, 0.5) is 11.4 Å². The van der Waals surface area contributed by atoms with Crippen LogP contribution >= 0.6 is 11.6 Å². The van der Waals surface area contributed by atoms with Crippen molar-refractivity contribution in [2.45, 2.75) is 11.4 Å². The lowest BCUT2D eigenvalue weighted by Gasteiger charge is -2.26. The molecule has 0 aliphatic carbocycles. The zero-order valence-electron chi connectivity index (χ0n) is 18.9. The Morgan fingerprint density at radius 3 is 2.20 bits per heavy atom. The second-order valence-corrected chi connectivity index (χ2v) is 9.92. The first kappa shape index (κ1) is 24.3. The van der Waals surface area contributed by atoms with Gasteiger partial charge in [0, 0.05) is 5.02 Å². The molecule has 0 aliphatic rings. The van der Waals surface area contributed by atoms with Gasteiger partial charge in [-0.2, -0.15) is 0 Å². The third-order valence-corrected chi connectivity index (χ3v) is 7.34. The van der Waals surface area contributed by atoms with Gasteiger partial charge < -0.3 is 10.1 Å². The number of nitrogens with zero attached hydrogens (tertiary/aromatic N) is 1. The molecule has 4 aromatic carbocycles. The first-order valence-corrected chi connectivity index (χ1v) is 12.6. The van der Waals surface area contributed by atoms with Gasteiger partial charge in [0.15, 0.2) is 0 Å². The third kappa shape index (κ3) is 5.48. The summed E-state index contributed by atoms with van der Waals surface area (Å²) in [5.74, 6) is -0.0687. The molecule has 35 heavy (non-hydrogen) atoms. The van der Waals surface area contributed by atoms with Crippen LogP contribution < -0.4 is 14.4 Å². The number of methoxy groups -OCH3 is 1. The van der Waals surface area contributed by atoms with Crippen molar-refractivity contribution in [2.75, 3.05) is 16.7 Å². The number of carbonyl (C=O) groups is 1. The zero-order chi connectivity index (χ0) is 24.8. The van der Waals surface area contributed by atoms with Crippen molar-refractivity contribution in [1.29, 1.82) is 0 Å². The van der Waals surface area contributed by atoms with E-state index >= 15 is 0 Å². The van der Waals surface area contributed by atoms with Crippen LogP contribution in [0.5, 0.6) is 5.75 Å². The monoisotopic (exact) mass is 506 g/mol. The molecule has 0 aromatic heterocycles. The van der Waals surface area contributed by atoms with E-state index in [0.29, 0.717) is 16.5 Å². The summed E-state index contributed by atoms with van der Waals surface area (Å²) in [5.41, 5.74) is 1.59. The molecule has 0 spiro atoms. The number of nitrogens with one attached hydrogen (secondary N) is 1. The van der Waals surface area contributed by atoms with Crippen LogP contribution in [-0.2, 0) is 16.6 Å². The maximum atomic E-state index is 13.8. The number of anilines is 2. The molecule has 0 saturated carbocycles. The number of hydrogen-bond acceptors (Lipinski definition) is 4. The molecule has 4 aromatic rings. The molecule has 1 N–H and O–H groups in total. The van der Waals surface area contributed by atoms with Gasteiger partial charge in [0.2, 0.25) is 0 Å². The first-order valence-electron chi connectivity index (χ1n) is 10.8. The number of sulfonamides is 1. The molecule has 0 fully saturated rings. The van der Waals surface area contributed by atoms with E-state index in [1.54, 1.807) is 60.7 Å². The lowest BCUT2D eigenvalue weighted by molar-refractivity contribution is 0.102. The smallest absolute Gasteiger partial charge is 0.264 e. The lowest BCUT2D eigenvalue weighted by Crippen LogP contribution is -2.32. The Kier molecular flexibility index (Phi) is 7.39. The van der Waals surface area contributed by atoms with Crippen molar-refractivity contribution in [3.05, 3.63) is 119 Å². The standard InChI is InChI=1S/C27H23ClN2O4S/c1-34-26-17-16-21(28)18-24(26)29-27(31)23-14-8-9-15-25(23)30(19-20-10-4-2-5-11-20)35(32,33)22-12-6-3-7-13-22/h2-18H,19H2,1H3,(H,29,31). The summed E-state index contributed by atoms with van der Waals surface area (Å²) in [5, 5.41) is 3.22. The predicted octanol–water partition coefficient (Wildman–Crippen LogP) is 6.00. The highest BCUT2D eigenvalue weighted by Crippen LogP contribution is 2.32. The number of amides is 1. The van der Waals surface area contributed by atoms with Gasteiger partial charge in [0.25, 0.3) is 15.9 Å². The summed E-state index contributed by atoms with van der Waals surface area (Å²) < 4.78 is 34.1. The van der Waals surface area contributed by atoms with Gasteiger partial charge in [-0.15, -0.1) is 0 Å². The number of para-hydroxylation sites is 1. The van der Waals surface area contributed by atoms with Gasteiger partial charge in [-0.05, 0) is 48.0 Å². The fraction of sp³-hybridized carbons (Fsp3) is 0.0741. The number of rotatable bonds is 8.